The van der Waals surface area contributed by atoms with Crippen LogP contribution in [0.25, 0.3) is 0 Å². The Labute approximate surface area is 113 Å². The number of amides is 1. The molecule has 2 rings (SSSR count). The SMILES string of the molecule is Nc1ccc(Cl)c(C(=O)NC2CCCCCC2)c1. The molecule has 1 aromatic rings. The molecule has 1 amide bonds. The van der Waals surface area contributed by atoms with E-state index in [2.05, 4.69) is 5.32 Å². The van der Waals surface area contributed by atoms with Gasteiger partial charge in [-0.05, 0) is 31.0 Å². The first-order valence-electron chi connectivity index (χ1n) is 6.52. The smallest absolute Gasteiger partial charge is 0.253 e. The zero-order valence-electron chi connectivity index (χ0n) is 10.4. The van der Waals surface area contributed by atoms with Crippen molar-refractivity contribution in [1.29, 1.82) is 0 Å². The van der Waals surface area contributed by atoms with Crippen LogP contribution in [-0.4, -0.2) is 11.9 Å². The summed E-state index contributed by atoms with van der Waals surface area (Å²) in [5.74, 6) is -0.112. The van der Waals surface area contributed by atoms with Crippen molar-refractivity contribution in [2.75, 3.05) is 5.73 Å². The molecule has 0 radical (unpaired) electrons. The highest BCUT2D eigenvalue weighted by Crippen LogP contribution is 2.21. The van der Waals surface area contributed by atoms with Gasteiger partial charge in [0.2, 0.25) is 0 Å². The van der Waals surface area contributed by atoms with Crippen molar-refractivity contribution in [3.05, 3.63) is 28.8 Å². The fourth-order valence-corrected chi connectivity index (χ4v) is 2.61. The lowest BCUT2D eigenvalue weighted by atomic mass is 10.1. The van der Waals surface area contributed by atoms with E-state index in [-0.39, 0.29) is 11.9 Å². The minimum Gasteiger partial charge on any atom is -0.399 e. The van der Waals surface area contributed by atoms with Gasteiger partial charge in [-0.1, -0.05) is 37.3 Å². The van der Waals surface area contributed by atoms with Crippen LogP contribution in [0.5, 0.6) is 0 Å². The first-order chi connectivity index (χ1) is 8.66. The van der Waals surface area contributed by atoms with Crippen LogP contribution in [0.2, 0.25) is 5.02 Å². The van der Waals surface area contributed by atoms with Crippen LogP contribution in [0.1, 0.15) is 48.9 Å². The summed E-state index contributed by atoms with van der Waals surface area (Å²) in [4.78, 5) is 12.1. The second kappa shape index (κ2) is 6.10. The third-order valence-electron chi connectivity index (χ3n) is 3.43. The van der Waals surface area contributed by atoms with E-state index in [1.165, 1.54) is 25.7 Å². The van der Waals surface area contributed by atoms with Crippen molar-refractivity contribution in [2.24, 2.45) is 0 Å². The van der Waals surface area contributed by atoms with Gasteiger partial charge in [-0.15, -0.1) is 0 Å². The molecule has 3 N–H and O–H groups in total. The minimum atomic E-state index is -0.112. The van der Waals surface area contributed by atoms with Crippen LogP contribution >= 0.6 is 11.6 Å². The highest BCUT2D eigenvalue weighted by Gasteiger charge is 2.17. The van der Waals surface area contributed by atoms with E-state index < -0.39 is 0 Å². The molecule has 98 valence electrons. The molecule has 0 saturated heterocycles. The van der Waals surface area contributed by atoms with Gasteiger partial charge in [0.1, 0.15) is 0 Å². The van der Waals surface area contributed by atoms with Crippen molar-refractivity contribution in [1.82, 2.24) is 5.32 Å². The lowest BCUT2D eigenvalue weighted by Gasteiger charge is -2.16. The topological polar surface area (TPSA) is 55.1 Å². The Hall–Kier alpha value is -1.22. The number of benzene rings is 1. The van der Waals surface area contributed by atoms with Crippen molar-refractivity contribution >= 4 is 23.2 Å². The summed E-state index contributed by atoms with van der Waals surface area (Å²) in [6.45, 7) is 0. The van der Waals surface area contributed by atoms with Crippen LogP contribution in [0, 0.1) is 0 Å². The van der Waals surface area contributed by atoms with E-state index in [4.69, 9.17) is 17.3 Å². The predicted molar refractivity (Wildman–Crippen MR) is 74.8 cm³/mol. The monoisotopic (exact) mass is 266 g/mol. The Bertz CT molecular complexity index is 426. The number of carbonyl (C=O) groups is 1. The molecule has 0 unspecified atom stereocenters. The Morgan fingerprint density at radius 1 is 1.22 bits per heavy atom. The maximum atomic E-state index is 12.1. The largest absolute Gasteiger partial charge is 0.399 e. The number of rotatable bonds is 2. The normalized spacial score (nSPS) is 17.2. The van der Waals surface area contributed by atoms with Gasteiger partial charge in [0.15, 0.2) is 0 Å². The predicted octanol–water partition coefficient (Wildman–Crippen LogP) is 3.37. The molecular weight excluding hydrogens is 248 g/mol. The number of carbonyl (C=O) groups excluding carboxylic acids is 1. The van der Waals surface area contributed by atoms with Crippen molar-refractivity contribution in [3.8, 4) is 0 Å². The standard InChI is InChI=1S/C14H19ClN2O/c15-13-8-7-10(16)9-12(13)14(18)17-11-5-3-1-2-4-6-11/h7-9,11H,1-6,16H2,(H,17,18). The van der Waals surface area contributed by atoms with E-state index >= 15 is 0 Å². The van der Waals surface area contributed by atoms with Crippen molar-refractivity contribution in [3.63, 3.8) is 0 Å². The Kier molecular flexibility index (Phi) is 4.48. The quantitative estimate of drug-likeness (QED) is 0.637. The molecule has 3 nitrogen and oxygen atoms in total. The van der Waals surface area contributed by atoms with E-state index in [1.54, 1.807) is 18.2 Å². The fraction of sp³-hybridized carbons (Fsp3) is 0.500. The lowest BCUT2D eigenvalue weighted by Crippen LogP contribution is -2.34. The zero-order chi connectivity index (χ0) is 13.0. The highest BCUT2D eigenvalue weighted by molar-refractivity contribution is 6.34. The number of hydrogen-bond acceptors (Lipinski definition) is 2. The second-order valence-electron chi connectivity index (χ2n) is 4.90. The van der Waals surface area contributed by atoms with Crippen molar-refractivity contribution < 1.29 is 4.79 Å². The number of halogens is 1. The average molecular weight is 267 g/mol. The molecule has 0 atom stereocenters. The Morgan fingerprint density at radius 2 is 1.89 bits per heavy atom. The summed E-state index contributed by atoms with van der Waals surface area (Å²) in [6.07, 6.45) is 7.04. The van der Waals surface area contributed by atoms with Crippen LogP contribution in [0.15, 0.2) is 18.2 Å². The van der Waals surface area contributed by atoms with Crippen LogP contribution in [0.4, 0.5) is 5.69 Å². The van der Waals surface area contributed by atoms with Gasteiger partial charge in [-0.2, -0.15) is 0 Å². The van der Waals surface area contributed by atoms with Gasteiger partial charge < -0.3 is 11.1 Å². The van der Waals surface area contributed by atoms with Gasteiger partial charge >= 0.3 is 0 Å². The summed E-state index contributed by atoms with van der Waals surface area (Å²) in [5, 5.41) is 3.52. The minimum absolute atomic E-state index is 0.112. The number of nitrogens with one attached hydrogen (secondary N) is 1. The molecule has 4 heteroatoms. The number of nitrogens with two attached hydrogens (primary N) is 1. The first kappa shape index (κ1) is 13.2. The Morgan fingerprint density at radius 3 is 2.56 bits per heavy atom. The fourth-order valence-electron chi connectivity index (χ4n) is 2.40. The summed E-state index contributed by atoms with van der Waals surface area (Å²) in [5.41, 5.74) is 6.72. The van der Waals surface area contributed by atoms with Crippen LogP contribution in [-0.2, 0) is 0 Å². The molecule has 1 aliphatic rings. The summed E-state index contributed by atoms with van der Waals surface area (Å²) in [7, 11) is 0. The van der Waals surface area contributed by atoms with Crippen LogP contribution in [0.3, 0.4) is 0 Å². The van der Waals surface area contributed by atoms with Gasteiger partial charge in [-0.3, -0.25) is 4.79 Å². The van der Waals surface area contributed by atoms with Gasteiger partial charge in [0.25, 0.3) is 5.91 Å². The molecule has 1 aliphatic carbocycles. The average Bonchev–Trinajstić information content (AvgIpc) is 2.61. The number of hydrogen-bond donors (Lipinski definition) is 2. The maximum Gasteiger partial charge on any atom is 0.253 e. The number of anilines is 1. The second-order valence-corrected chi connectivity index (χ2v) is 5.31. The zero-order valence-corrected chi connectivity index (χ0v) is 11.2. The maximum absolute atomic E-state index is 12.1. The molecule has 0 aromatic heterocycles. The molecule has 1 saturated carbocycles. The molecular formula is C14H19ClN2O. The third-order valence-corrected chi connectivity index (χ3v) is 3.76. The number of nitrogen functional groups attached to an aromatic ring is 1. The van der Waals surface area contributed by atoms with E-state index in [9.17, 15) is 4.79 Å². The highest BCUT2D eigenvalue weighted by atomic mass is 35.5. The molecule has 1 aromatic carbocycles. The van der Waals surface area contributed by atoms with Crippen molar-refractivity contribution in [2.45, 2.75) is 44.6 Å². The lowest BCUT2D eigenvalue weighted by molar-refractivity contribution is 0.0933. The molecule has 1 fully saturated rings. The molecule has 0 spiro atoms. The molecule has 0 aliphatic heterocycles. The molecule has 18 heavy (non-hydrogen) atoms. The van der Waals surface area contributed by atoms with Gasteiger partial charge in [-0.25, -0.2) is 0 Å². The third kappa shape index (κ3) is 3.39. The first-order valence-corrected chi connectivity index (χ1v) is 6.90. The Balaban J connectivity index is 2.04. The van der Waals surface area contributed by atoms with E-state index in [0.29, 0.717) is 16.3 Å². The van der Waals surface area contributed by atoms with Gasteiger partial charge in [0, 0.05) is 11.7 Å². The van der Waals surface area contributed by atoms with E-state index in [0.717, 1.165) is 12.8 Å². The molecule has 0 heterocycles. The summed E-state index contributed by atoms with van der Waals surface area (Å²) in [6, 6.07) is 5.27. The summed E-state index contributed by atoms with van der Waals surface area (Å²) >= 11 is 6.02. The summed E-state index contributed by atoms with van der Waals surface area (Å²) < 4.78 is 0. The van der Waals surface area contributed by atoms with Crippen LogP contribution < -0.4 is 11.1 Å². The molecule has 0 bridgehead atoms. The van der Waals surface area contributed by atoms with Gasteiger partial charge in [0.05, 0.1) is 10.6 Å². The van der Waals surface area contributed by atoms with E-state index in [1.807, 2.05) is 0 Å².